The van der Waals surface area contributed by atoms with Gasteiger partial charge in [0.15, 0.2) is 0 Å². The van der Waals surface area contributed by atoms with Crippen molar-refractivity contribution in [2.45, 2.75) is 51.0 Å². The fraction of sp³-hybridized carbons (Fsp3) is 0.381. The fourth-order valence-electron chi connectivity index (χ4n) is 3.16. The molecule has 0 bridgehead atoms. The Morgan fingerprint density at radius 1 is 1.14 bits per heavy atom. The molecule has 0 spiro atoms. The zero-order valence-electron chi connectivity index (χ0n) is 16.9. The van der Waals surface area contributed by atoms with Crippen LogP contribution in [-0.2, 0) is 15.4 Å². The van der Waals surface area contributed by atoms with Crippen LogP contribution in [0.5, 0.6) is 0 Å². The standard InChI is InChI=1S/C21H27N3O3S/c1-15-13-16(2)24(23-15)19(20-7-6-12-27-20)14-22-28(25,26)18-10-8-17(9-11-18)21(3,4)5/h6-13,19,22H,14H2,1-5H3. The monoisotopic (exact) mass is 401 g/mol. The third kappa shape index (κ3) is 4.36. The molecule has 2 aromatic heterocycles. The number of aryl methyl sites for hydroxylation is 2. The Labute approximate surface area is 166 Å². The minimum absolute atomic E-state index is 0.0322. The van der Waals surface area contributed by atoms with Gasteiger partial charge in [-0.15, -0.1) is 0 Å². The lowest BCUT2D eigenvalue weighted by Crippen LogP contribution is -2.32. The van der Waals surface area contributed by atoms with Crippen LogP contribution in [0.4, 0.5) is 0 Å². The molecule has 0 radical (unpaired) electrons. The minimum Gasteiger partial charge on any atom is -0.467 e. The van der Waals surface area contributed by atoms with E-state index in [-0.39, 0.29) is 22.9 Å². The predicted octanol–water partition coefficient (Wildman–Crippen LogP) is 3.96. The quantitative estimate of drug-likeness (QED) is 0.678. The molecule has 3 aromatic rings. The van der Waals surface area contributed by atoms with Crippen LogP contribution in [0.3, 0.4) is 0 Å². The summed E-state index contributed by atoms with van der Waals surface area (Å²) in [5.41, 5.74) is 2.86. The van der Waals surface area contributed by atoms with Gasteiger partial charge >= 0.3 is 0 Å². The molecule has 3 rings (SSSR count). The Balaban J connectivity index is 1.83. The molecule has 1 unspecified atom stereocenters. The molecule has 0 saturated heterocycles. The second kappa shape index (κ2) is 7.56. The molecular formula is C21H27N3O3S. The molecule has 0 aliphatic heterocycles. The summed E-state index contributed by atoms with van der Waals surface area (Å²) in [6.45, 7) is 10.3. The smallest absolute Gasteiger partial charge is 0.240 e. The number of aromatic nitrogens is 2. The van der Waals surface area contributed by atoms with Crippen LogP contribution in [-0.4, -0.2) is 24.7 Å². The number of hydrogen-bond donors (Lipinski definition) is 1. The third-order valence-electron chi connectivity index (χ3n) is 4.71. The Bertz CT molecular complexity index is 1030. The third-order valence-corrected chi connectivity index (χ3v) is 6.15. The van der Waals surface area contributed by atoms with E-state index >= 15 is 0 Å². The number of benzene rings is 1. The van der Waals surface area contributed by atoms with Crippen molar-refractivity contribution >= 4 is 10.0 Å². The van der Waals surface area contributed by atoms with E-state index in [1.807, 2.05) is 38.1 Å². The van der Waals surface area contributed by atoms with Gasteiger partial charge in [-0.1, -0.05) is 32.9 Å². The van der Waals surface area contributed by atoms with E-state index in [9.17, 15) is 8.42 Å². The molecule has 1 aromatic carbocycles. The van der Waals surface area contributed by atoms with Gasteiger partial charge < -0.3 is 4.42 Å². The highest BCUT2D eigenvalue weighted by Crippen LogP contribution is 2.24. The zero-order valence-corrected chi connectivity index (χ0v) is 17.7. The SMILES string of the molecule is Cc1cc(C)n(C(CNS(=O)(=O)c2ccc(C(C)(C)C)cc2)c2ccco2)n1. The summed E-state index contributed by atoms with van der Waals surface area (Å²) >= 11 is 0. The molecule has 2 heterocycles. The molecular weight excluding hydrogens is 374 g/mol. The Morgan fingerprint density at radius 3 is 2.32 bits per heavy atom. The summed E-state index contributed by atoms with van der Waals surface area (Å²) in [6.07, 6.45) is 1.58. The summed E-state index contributed by atoms with van der Waals surface area (Å²) in [7, 11) is -3.66. The largest absolute Gasteiger partial charge is 0.467 e. The van der Waals surface area contributed by atoms with E-state index in [1.54, 1.807) is 29.1 Å². The molecule has 7 heteroatoms. The molecule has 0 saturated carbocycles. The highest BCUT2D eigenvalue weighted by Gasteiger charge is 2.24. The van der Waals surface area contributed by atoms with E-state index in [4.69, 9.17) is 4.42 Å². The van der Waals surface area contributed by atoms with Gasteiger partial charge in [-0.3, -0.25) is 4.68 Å². The first-order chi connectivity index (χ1) is 13.1. The van der Waals surface area contributed by atoms with Crippen molar-refractivity contribution in [3.8, 4) is 0 Å². The van der Waals surface area contributed by atoms with Gasteiger partial charge in [0, 0.05) is 12.2 Å². The number of hydrogen-bond acceptors (Lipinski definition) is 4. The van der Waals surface area contributed by atoms with Crippen LogP contribution in [0.1, 0.15) is 49.5 Å². The first-order valence-electron chi connectivity index (χ1n) is 9.24. The summed E-state index contributed by atoms with van der Waals surface area (Å²) in [4.78, 5) is 0.243. The lowest BCUT2D eigenvalue weighted by molar-refractivity contribution is 0.397. The molecule has 1 N–H and O–H groups in total. The average molecular weight is 402 g/mol. The highest BCUT2D eigenvalue weighted by atomic mass is 32.2. The second-order valence-corrected chi connectivity index (χ2v) is 9.80. The first kappa shape index (κ1) is 20.4. The van der Waals surface area contributed by atoms with Gasteiger partial charge in [0.1, 0.15) is 11.8 Å². The average Bonchev–Trinajstić information content (AvgIpc) is 3.25. The van der Waals surface area contributed by atoms with Crippen LogP contribution in [0.25, 0.3) is 0 Å². The number of nitrogens with zero attached hydrogens (tertiary/aromatic N) is 2. The Kier molecular flexibility index (Phi) is 5.50. The maximum atomic E-state index is 12.8. The van der Waals surface area contributed by atoms with Crippen LogP contribution in [0.15, 0.2) is 58.0 Å². The number of rotatable bonds is 6. The molecule has 6 nitrogen and oxygen atoms in total. The molecule has 0 aliphatic carbocycles. The van der Waals surface area contributed by atoms with Gasteiger partial charge in [0.05, 0.1) is 16.9 Å². The Morgan fingerprint density at radius 2 is 1.82 bits per heavy atom. The fourth-order valence-corrected chi connectivity index (χ4v) is 4.19. The van der Waals surface area contributed by atoms with E-state index in [0.717, 1.165) is 17.0 Å². The molecule has 0 aliphatic rings. The van der Waals surface area contributed by atoms with Crippen molar-refractivity contribution in [3.05, 3.63) is 71.4 Å². The van der Waals surface area contributed by atoms with Gasteiger partial charge in [-0.05, 0) is 55.2 Å². The predicted molar refractivity (Wildman–Crippen MR) is 109 cm³/mol. The maximum absolute atomic E-state index is 12.8. The van der Waals surface area contributed by atoms with Crippen LogP contribution >= 0.6 is 0 Å². The highest BCUT2D eigenvalue weighted by molar-refractivity contribution is 7.89. The van der Waals surface area contributed by atoms with Crippen molar-refractivity contribution < 1.29 is 12.8 Å². The van der Waals surface area contributed by atoms with E-state index in [2.05, 4.69) is 30.6 Å². The van der Waals surface area contributed by atoms with Gasteiger partial charge in [0.25, 0.3) is 0 Å². The molecule has 1 atom stereocenters. The number of nitrogens with one attached hydrogen (secondary N) is 1. The van der Waals surface area contributed by atoms with Crippen molar-refractivity contribution in [2.24, 2.45) is 0 Å². The maximum Gasteiger partial charge on any atom is 0.240 e. The Hall–Kier alpha value is -2.38. The van der Waals surface area contributed by atoms with Gasteiger partial charge in [0.2, 0.25) is 10.0 Å². The lowest BCUT2D eigenvalue weighted by Gasteiger charge is -2.20. The summed E-state index contributed by atoms with van der Waals surface area (Å²) in [5, 5.41) is 4.50. The molecule has 150 valence electrons. The van der Waals surface area contributed by atoms with Crippen LogP contribution in [0, 0.1) is 13.8 Å². The summed E-state index contributed by atoms with van der Waals surface area (Å²) < 4.78 is 35.7. The van der Waals surface area contributed by atoms with E-state index in [1.165, 1.54) is 0 Å². The summed E-state index contributed by atoms with van der Waals surface area (Å²) in [5.74, 6) is 0.650. The molecule has 0 fully saturated rings. The van der Waals surface area contributed by atoms with Crippen molar-refractivity contribution in [1.82, 2.24) is 14.5 Å². The van der Waals surface area contributed by atoms with Crippen molar-refractivity contribution in [2.75, 3.05) is 6.54 Å². The number of sulfonamides is 1. The lowest BCUT2D eigenvalue weighted by atomic mass is 9.87. The van der Waals surface area contributed by atoms with Gasteiger partial charge in [-0.2, -0.15) is 5.10 Å². The van der Waals surface area contributed by atoms with Crippen LogP contribution < -0.4 is 4.72 Å². The van der Waals surface area contributed by atoms with E-state index < -0.39 is 10.0 Å². The molecule has 28 heavy (non-hydrogen) atoms. The van der Waals surface area contributed by atoms with Crippen molar-refractivity contribution in [3.63, 3.8) is 0 Å². The topological polar surface area (TPSA) is 77.1 Å². The normalized spacial score (nSPS) is 13.6. The van der Waals surface area contributed by atoms with Crippen LogP contribution in [0.2, 0.25) is 0 Å². The molecule has 0 amide bonds. The number of furan rings is 1. The van der Waals surface area contributed by atoms with Gasteiger partial charge in [-0.25, -0.2) is 13.1 Å². The minimum atomic E-state index is -3.66. The summed E-state index contributed by atoms with van der Waals surface area (Å²) in [6, 6.07) is 12.2. The zero-order chi connectivity index (χ0) is 20.5. The van der Waals surface area contributed by atoms with Crippen molar-refractivity contribution in [1.29, 1.82) is 0 Å². The second-order valence-electron chi connectivity index (χ2n) is 8.03. The first-order valence-corrected chi connectivity index (χ1v) is 10.7. The van der Waals surface area contributed by atoms with E-state index in [0.29, 0.717) is 5.76 Å².